The molecule has 0 N–H and O–H groups in total. The predicted octanol–water partition coefficient (Wildman–Crippen LogP) is 5.93. The molecule has 0 nitrogen and oxygen atoms in total. The van der Waals surface area contributed by atoms with Crippen LogP contribution in [0.15, 0.2) is 54.1 Å². The molecule has 0 radical (unpaired) electrons. The quantitative estimate of drug-likeness (QED) is 0.483. The first-order valence-corrected chi connectivity index (χ1v) is 9.31. The van der Waals surface area contributed by atoms with Crippen LogP contribution in [0.1, 0.15) is 43.2 Å². The van der Waals surface area contributed by atoms with Crippen LogP contribution in [0.3, 0.4) is 0 Å². The van der Waals surface area contributed by atoms with Crippen LogP contribution in [0.2, 0.25) is 0 Å². The molecule has 4 bridgehead atoms. The van der Waals surface area contributed by atoms with E-state index in [0.717, 1.165) is 23.7 Å². The molecule has 2 aromatic carbocycles. The van der Waals surface area contributed by atoms with Gasteiger partial charge in [0.05, 0.1) is 0 Å². The minimum absolute atomic E-state index is 0.875. The summed E-state index contributed by atoms with van der Waals surface area (Å²) in [4.78, 5) is 0. The molecule has 0 amide bonds. The highest BCUT2D eigenvalue weighted by Crippen LogP contribution is 2.60. The summed E-state index contributed by atoms with van der Waals surface area (Å²) in [6.07, 6.45) is 7.40. The van der Waals surface area contributed by atoms with E-state index < -0.39 is 0 Å². The highest BCUT2D eigenvalue weighted by molar-refractivity contribution is 6.02. The first kappa shape index (κ1) is 12.6. The first-order valence-electron chi connectivity index (χ1n) is 9.31. The second kappa shape index (κ2) is 4.38. The molecule has 4 fully saturated rings. The van der Waals surface area contributed by atoms with Crippen molar-refractivity contribution in [2.45, 2.75) is 32.1 Å². The van der Waals surface area contributed by atoms with Crippen LogP contribution >= 0.6 is 0 Å². The molecule has 0 aromatic heterocycles. The molecule has 0 saturated heterocycles. The van der Waals surface area contributed by atoms with Crippen LogP contribution in [0.5, 0.6) is 0 Å². The van der Waals surface area contributed by atoms with Crippen LogP contribution < -0.4 is 0 Å². The average molecular weight is 298 g/mol. The molecular formula is C23H22. The lowest BCUT2D eigenvalue weighted by Gasteiger charge is -2.52. The lowest BCUT2D eigenvalue weighted by molar-refractivity contribution is 0.0705. The van der Waals surface area contributed by atoms with Crippen molar-refractivity contribution in [1.29, 1.82) is 0 Å². The van der Waals surface area contributed by atoms with Crippen LogP contribution in [-0.2, 0) is 0 Å². The van der Waals surface area contributed by atoms with Gasteiger partial charge in [-0.25, -0.2) is 0 Å². The summed E-state index contributed by atoms with van der Waals surface area (Å²) >= 11 is 0. The maximum atomic E-state index is 2.36. The van der Waals surface area contributed by atoms with Gasteiger partial charge in [-0.1, -0.05) is 54.1 Å². The molecule has 2 aromatic rings. The van der Waals surface area contributed by atoms with Gasteiger partial charge < -0.3 is 0 Å². The maximum Gasteiger partial charge on any atom is -0.00990 e. The van der Waals surface area contributed by atoms with Gasteiger partial charge in [-0.15, -0.1) is 0 Å². The van der Waals surface area contributed by atoms with Crippen molar-refractivity contribution in [2.75, 3.05) is 0 Å². The van der Waals surface area contributed by atoms with E-state index in [-0.39, 0.29) is 0 Å². The molecule has 0 aliphatic heterocycles. The standard InChI is InChI=1S/C23H22/c1-3-7-20-18(5-1)19-6-2-4-8-21(19)23(20)22-16-10-14-9-15(12-16)13-17(22)11-14/h1-8,14-17H,9-13H2. The van der Waals surface area contributed by atoms with E-state index in [2.05, 4.69) is 48.5 Å². The Morgan fingerprint density at radius 2 is 0.957 bits per heavy atom. The highest BCUT2D eigenvalue weighted by atomic mass is 14.5. The van der Waals surface area contributed by atoms with E-state index >= 15 is 0 Å². The van der Waals surface area contributed by atoms with Gasteiger partial charge in [0.25, 0.3) is 0 Å². The van der Waals surface area contributed by atoms with Gasteiger partial charge in [0.15, 0.2) is 0 Å². The molecule has 0 atom stereocenters. The van der Waals surface area contributed by atoms with Crippen molar-refractivity contribution in [2.24, 2.45) is 23.7 Å². The summed E-state index contributed by atoms with van der Waals surface area (Å²) in [6, 6.07) is 18.2. The minimum atomic E-state index is 0.875. The van der Waals surface area contributed by atoms with Gasteiger partial charge in [0.1, 0.15) is 0 Å². The van der Waals surface area contributed by atoms with Crippen molar-refractivity contribution in [3.8, 4) is 11.1 Å². The Bertz CT molecular complexity index is 761. The number of rotatable bonds is 0. The summed E-state index contributed by atoms with van der Waals surface area (Å²) in [5.41, 5.74) is 9.41. The number of hydrogen-bond acceptors (Lipinski definition) is 0. The predicted molar refractivity (Wildman–Crippen MR) is 94.9 cm³/mol. The molecule has 114 valence electrons. The summed E-state index contributed by atoms with van der Waals surface area (Å²) < 4.78 is 0. The third kappa shape index (κ3) is 1.62. The van der Waals surface area contributed by atoms with Gasteiger partial charge in [-0.05, 0) is 83.6 Å². The third-order valence-corrected chi connectivity index (χ3v) is 6.99. The van der Waals surface area contributed by atoms with E-state index in [4.69, 9.17) is 0 Å². The van der Waals surface area contributed by atoms with Crippen molar-refractivity contribution < 1.29 is 0 Å². The molecule has 7 rings (SSSR count). The van der Waals surface area contributed by atoms with E-state index in [1.54, 1.807) is 5.57 Å². The van der Waals surface area contributed by atoms with Gasteiger partial charge >= 0.3 is 0 Å². The number of hydrogen-bond donors (Lipinski definition) is 0. The van der Waals surface area contributed by atoms with Crippen molar-refractivity contribution in [1.82, 2.24) is 0 Å². The number of benzene rings is 2. The molecule has 0 heteroatoms. The Hall–Kier alpha value is -1.82. The smallest absolute Gasteiger partial charge is 0.00990 e. The van der Waals surface area contributed by atoms with Crippen LogP contribution in [0.4, 0.5) is 0 Å². The number of fused-ring (bicyclic) bond motifs is 3. The molecule has 0 unspecified atom stereocenters. The molecule has 0 spiro atoms. The van der Waals surface area contributed by atoms with Gasteiger partial charge in [-0.2, -0.15) is 0 Å². The van der Waals surface area contributed by atoms with Gasteiger partial charge in [-0.3, -0.25) is 0 Å². The molecule has 4 saturated carbocycles. The van der Waals surface area contributed by atoms with E-state index in [1.165, 1.54) is 54.4 Å². The zero-order valence-electron chi connectivity index (χ0n) is 13.5. The lowest BCUT2D eigenvalue weighted by atomic mass is 9.53. The molecule has 0 heterocycles. The van der Waals surface area contributed by atoms with Crippen LogP contribution in [0.25, 0.3) is 16.7 Å². The molecule has 5 aliphatic carbocycles. The van der Waals surface area contributed by atoms with Crippen molar-refractivity contribution in [3.05, 3.63) is 65.2 Å². The Balaban J connectivity index is 1.65. The Labute approximate surface area is 138 Å². The summed E-state index contributed by atoms with van der Waals surface area (Å²) in [6.45, 7) is 0. The van der Waals surface area contributed by atoms with Crippen LogP contribution in [0, 0.1) is 23.7 Å². The Morgan fingerprint density at radius 3 is 1.43 bits per heavy atom. The number of allylic oxidation sites excluding steroid dienone is 1. The molecule has 5 aliphatic rings. The summed E-state index contributed by atoms with van der Waals surface area (Å²) in [5.74, 6) is 3.82. The fourth-order valence-electron chi connectivity index (χ4n) is 6.43. The fraction of sp³-hybridized carbons (Fsp3) is 0.391. The van der Waals surface area contributed by atoms with Crippen LogP contribution in [-0.4, -0.2) is 0 Å². The van der Waals surface area contributed by atoms with Gasteiger partial charge in [0, 0.05) is 0 Å². The maximum absolute atomic E-state index is 2.36. The third-order valence-electron chi connectivity index (χ3n) is 6.99. The second-order valence-corrected chi connectivity index (χ2v) is 8.23. The first-order chi connectivity index (χ1) is 11.4. The largest absolute Gasteiger partial charge is 0.0616 e. The zero-order valence-corrected chi connectivity index (χ0v) is 13.5. The van der Waals surface area contributed by atoms with Crippen molar-refractivity contribution >= 4 is 5.57 Å². The average Bonchev–Trinajstić information content (AvgIpc) is 2.89. The van der Waals surface area contributed by atoms with E-state index in [1.807, 2.05) is 5.57 Å². The normalized spacial score (nSPS) is 33.0. The monoisotopic (exact) mass is 298 g/mol. The molecular weight excluding hydrogens is 276 g/mol. The topological polar surface area (TPSA) is 0 Å². The second-order valence-electron chi connectivity index (χ2n) is 8.23. The van der Waals surface area contributed by atoms with E-state index in [0.29, 0.717) is 0 Å². The highest BCUT2D eigenvalue weighted by Gasteiger charge is 2.47. The Morgan fingerprint density at radius 1 is 0.522 bits per heavy atom. The summed E-state index contributed by atoms with van der Waals surface area (Å²) in [5, 5.41) is 0. The molecule has 23 heavy (non-hydrogen) atoms. The van der Waals surface area contributed by atoms with E-state index in [9.17, 15) is 0 Å². The summed E-state index contributed by atoms with van der Waals surface area (Å²) in [7, 11) is 0. The minimum Gasteiger partial charge on any atom is -0.0616 e. The fourth-order valence-corrected chi connectivity index (χ4v) is 6.43. The van der Waals surface area contributed by atoms with Crippen molar-refractivity contribution in [3.63, 3.8) is 0 Å². The Kier molecular flexibility index (Phi) is 2.40. The zero-order chi connectivity index (χ0) is 15.0. The van der Waals surface area contributed by atoms with Gasteiger partial charge in [0.2, 0.25) is 0 Å². The lowest BCUT2D eigenvalue weighted by Crippen LogP contribution is -2.40. The SMILES string of the molecule is c1ccc2c(c1)C(=C1C3CC4CC(C3)CC1C4)c1ccccc1-2.